The van der Waals surface area contributed by atoms with Gasteiger partial charge in [-0.3, -0.25) is 0 Å². The Kier molecular flexibility index (Phi) is 1.53. The summed E-state index contributed by atoms with van der Waals surface area (Å²) in [4.78, 5) is 15.7. The molecule has 3 heterocycles. The van der Waals surface area contributed by atoms with Crippen molar-refractivity contribution < 1.29 is 0 Å². The van der Waals surface area contributed by atoms with Crippen molar-refractivity contribution in [3.05, 3.63) is 28.7 Å². The van der Waals surface area contributed by atoms with Gasteiger partial charge in [-0.05, 0) is 0 Å². The first-order chi connectivity index (χ1) is 6.86. The third kappa shape index (κ3) is 0.950. The SMILES string of the molecule is O=c1[nH]nnc2[se]c3ncccc3c12. The van der Waals surface area contributed by atoms with Crippen molar-refractivity contribution in [2.75, 3.05) is 0 Å². The third-order valence-electron chi connectivity index (χ3n) is 1.97. The molecule has 68 valence electrons. The molecule has 0 amide bonds. The van der Waals surface area contributed by atoms with Gasteiger partial charge in [-0.15, -0.1) is 0 Å². The van der Waals surface area contributed by atoms with E-state index in [4.69, 9.17) is 0 Å². The van der Waals surface area contributed by atoms with E-state index in [2.05, 4.69) is 20.4 Å². The van der Waals surface area contributed by atoms with Crippen molar-refractivity contribution in [2.24, 2.45) is 0 Å². The number of hydrogen-bond donors (Lipinski definition) is 1. The average molecular weight is 251 g/mol. The monoisotopic (exact) mass is 252 g/mol. The van der Waals surface area contributed by atoms with Gasteiger partial charge in [0.1, 0.15) is 0 Å². The molecule has 0 radical (unpaired) electrons. The van der Waals surface area contributed by atoms with Crippen LogP contribution in [0, 0.1) is 0 Å². The molecule has 3 aromatic heterocycles. The predicted octanol–water partition coefficient (Wildman–Crippen LogP) is -0.0767. The Labute approximate surface area is 83.5 Å². The second kappa shape index (κ2) is 2.73. The molecule has 0 atom stereocenters. The molecule has 0 bridgehead atoms. The Balaban J connectivity index is 2.73. The standard InChI is InChI=1S/C8H4N4OSe/c13-6-5-4-2-1-3-9-7(4)14-8(5)11-12-10-6/h1-3H,(H,10,11,13). The number of aromatic amines is 1. The summed E-state index contributed by atoms with van der Waals surface area (Å²) in [6, 6.07) is 3.72. The van der Waals surface area contributed by atoms with E-state index >= 15 is 0 Å². The van der Waals surface area contributed by atoms with Crippen LogP contribution in [-0.2, 0) is 0 Å². The molecule has 0 aliphatic rings. The third-order valence-corrected chi connectivity index (χ3v) is 4.06. The minimum atomic E-state index is -0.177. The van der Waals surface area contributed by atoms with Crippen LogP contribution in [0.4, 0.5) is 0 Å². The summed E-state index contributed by atoms with van der Waals surface area (Å²) >= 11 is 0.0210. The summed E-state index contributed by atoms with van der Waals surface area (Å²) in [7, 11) is 0. The zero-order valence-corrected chi connectivity index (χ0v) is 8.60. The Morgan fingerprint density at radius 1 is 1.36 bits per heavy atom. The van der Waals surface area contributed by atoms with Crippen molar-refractivity contribution in [2.45, 2.75) is 0 Å². The molecule has 0 aliphatic heterocycles. The zero-order valence-electron chi connectivity index (χ0n) is 6.89. The fraction of sp³-hybridized carbons (Fsp3) is 0. The molecule has 14 heavy (non-hydrogen) atoms. The number of hydrogen-bond acceptors (Lipinski definition) is 4. The zero-order chi connectivity index (χ0) is 9.54. The summed E-state index contributed by atoms with van der Waals surface area (Å²) in [5, 5.41) is 11.3. The van der Waals surface area contributed by atoms with Gasteiger partial charge in [0.15, 0.2) is 0 Å². The van der Waals surface area contributed by atoms with Crippen LogP contribution < -0.4 is 5.56 Å². The van der Waals surface area contributed by atoms with Crippen molar-refractivity contribution in [3.63, 3.8) is 0 Å². The van der Waals surface area contributed by atoms with Crippen LogP contribution in [-0.4, -0.2) is 34.9 Å². The van der Waals surface area contributed by atoms with Gasteiger partial charge in [-0.25, -0.2) is 0 Å². The molecule has 0 aromatic carbocycles. The van der Waals surface area contributed by atoms with E-state index in [0.717, 1.165) is 14.2 Å². The summed E-state index contributed by atoms with van der Waals surface area (Å²) < 4.78 is 1.73. The van der Waals surface area contributed by atoms with Crippen LogP contribution in [0.2, 0.25) is 0 Å². The molecule has 5 nitrogen and oxygen atoms in total. The number of rotatable bonds is 0. The molecule has 3 rings (SSSR count). The van der Waals surface area contributed by atoms with Gasteiger partial charge in [-0.2, -0.15) is 0 Å². The van der Waals surface area contributed by atoms with Crippen LogP contribution in [0.3, 0.4) is 0 Å². The fourth-order valence-corrected chi connectivity index (χ4v) is 3.40. The molecule has 0 fully saturated rings. The Bertz CT molecular complexity index is 671. The van der Waals surface area contributed by atoms with E-state index in [0.29, 0.717) is 5.39 Å². The predicted molar refractivity (Wildman–Crippen MR) is 52.4 cm³/mol. The van der Waals surface area contributed by atoms with E-state index < -0.39 is 0 Å². The molecule has 0 aliphatic carbocycles. The van der Waals surface area contributed by atoms with Gasteiger partial charge in [0.2, 0.25) is 0 Å². The topological polar surface area (TPSA) is 71.5 Å². The first-order valence-corrected chi connectivity index (χ1v) is 5.66. The van der Waals surface area contributed by atoms with Crippen molar-refractivity contribution in [1.82, 2.24) is 20.4 Å². The summed E-state index contributed by atoms with van der Waals surface area (Å²) in [6.07, 6.45) is 1.73. The van der Waals surface area contributed by atoms with Crippen molar-refractivity contribution >= 4 is 34.1 Å². The number of aromatic nitrogens is 4. The van der Waals surface area contributed by atoms with Gasteiger partial charge in [0.25, 0.3) is 0 Å². The first kappa shape index (κ1) is 7.84. The normalized spacial score (nSPS) is 11.1. The quantitative estimate of drug-likeness (QED) is 0.567. The van der Waals surface area contributed by atoms with Crippen molar-refractivity contribution in [1.29, 1.82) is 0 Å². The molecule has 0 saturated heterocycles. The van der Waals surface area contributed by atoms with Crippen LogP contribution in [0.1, 0.15) is 0 Å². The fourth-order valence-electron chi connectivity index (χ4n) is 1.38. The van der Waals surface area contributed by atoms with E-state index in [1.165, 1.54) is 0 Å². The van der Waals surface area contributed by atoms with E-state index in [1.54, 1.807) is 6.20 Å². The molecular weight excluding hydrogens is 247 g/mol. The van der Waals surface area contributed by atoms with Crippen molar-refractivity contribution in [3.8, 4) is 0 Å². The number of nitrogens with one attached hydrogen (secondary N) is 1. The number of pyridine rings is 1. The Hall–Kier alpha value is -1.52. The van der Waals surface area contributed by atoms with Gasteiger partial charge in [0, 0.05) is 0 Å². The number of fused-ring (bicyclic) bond motifs is 3. The maximum absolute atomic E-state index is 11.5. The second-order valence-corrected chi connectivity index (χ2v) is 4.83. The van der Waals surface area contributed by atoms with Gasteiger partial charge < -0.3 is 0 Å². The van der Waals surface area contributed by atoms with Gasteiger partial charge >= 0.3 is 83.1 Å². The molecule has 1 N–H and O–H groups in total. The molecule has 0 unspecified atom stereocenters. The molecule has 0 spiro atoms. The van der Waals surface area contributed by atoms with E-state index in [1.807, 2.05) is 12.1 Å². The molecule has 0 saturated carbocycles. The Morgan fingerprint density at radius 2 is 2.29 bits per heavy atom. The van der Waals surface area contributed by atoms with Crippen LogP contribution >= 0.6 is 0 Å². The number of H-pyrrole nitrogens is 1. The second-order valence-electron chi connectivity index (χ2n) is 2.78. The number of nitrogens with zero attached hydrogens (tertiary/aromatic N) is 3. The molecule has 3 aromatic rings. The van der Waals surface area contributed by atoms with Crippen LogP contribution in [0.25, 0.3) is 19.6 Å². The Morgan fingerprint density at radius 3 is 3.21 bits per heavy atom. The maximum atomic E-state index is 11.5. The molecule has 6 heteroatoms. The van der Waals surface area contributed by atoms with E-state index in [9.17, 15) is 4.79 Å². The summed E-state index contributed by atoms with van der Waals surface area (Å²) in [5.74, 6) is 0. The van der Waals surface area contributed by atoms with Gasteiger partial charge in [-0.1, -0.05) is 0 Å². The van der Waals surface area contributed by atoms with Gasteiger partial charge in [0.05, 0.1) is 0 Å². The average Bonchev–Trinajstić information content (AvgIpc) is 2.57. The minimum absolute atomic E-state index is 0.0210. The summed E-state index contributed by atoms with van der Waals surface area (Å²) in [6.45, 7) is 0. The summed E-state index contributed by atoms with van der Waals surface area (Å²) in [5.41, 5.74) is -0.177. The van der Waals surface area contributed by atoms with E-state index in [-0.39, 0.29) is 20.1 Å². The van der Waals surface area contributed by atoms with Crippen LogP contribution in [0.15, 0.2) is 23.1 Å². The molecular formula is C8H4N4OSe. The first-order valence-electron chi connectivity index (χ1n) is 3.95. The van der Waals surface area contributed by atoms with Crippen LogP contribution in [0.5, 0.6) is 0 Å².